The first kappa shape index (κ1) is 17.3. The Morgan fingerprint density at radius 1 is 1.27 bits per heavy atom. The number of piperazine rings is 1. The van der Waals surface area contributed by atoms with Crippen LogP contribution in [0.25, 0.3) is 0 Å². The average molecular weight is 352 g/mol. The SMILES string of the molecule is CC(C)c1ccc(C2CC2C(=O)N2CCNCC2c2nccn2C)cc1. The van der Waals surface area contributed by atoms with Gasteiger partial charge in [0.05, 0.1) is 0 Å². The Hall–Kier alpha value is -2.14. The smallest absolute Gasteiger partial charge is 0.227 e. The fourth-order valence-electron chi connectivity index (χ4n) is 4.07. The average Bonchev–Trinajstić information content (AvgIpc) is 3.35. The van der Waals surface area contributed by atoms with Crippen molar-refractivity contribution in [1.29, 1.82) is 0 Å². The van der Waals surface area contributed by atoms with Gasteiger partial charge in [-0.2, -0.15) is 0 Å². The van der Waals surface area contributed by atoms with Crippen LogP contribution in [0.1, 0.15) is 55.1 Å². The number of benzene rings is 1. The lowest BCUT2D eigenvalue weighted by atomic mass is 9.99. The topological polar surface area (TPSA) is 50.2 Å². The Morgan fingerprint density at radius 3 is 2.69 bits per heavy atom. The van der Waals surface area contributed by atoms with Gasteiger partial charge in [-0.05, 0) is 29.4 Å². The van der Waals surface area contributed by atoms with E-state index >= 15 is 0 Å². The maximum atomic E-state index is 13.2. The summed E-state index contributed by atoms with van der Waals surface area (Å²) < 4.78 is 2.02. The molecule has 2 fully saturated rings. The van der Waals surface area contributed by atoms with Crippen molar-refractivity contribution in [1.82, 2.24) is 19.8 Å². The molecule has 1 saturated heterocycles. The largest absolute Gasteiger partial charge is 0.336 e. The van der Waals surface area contributed by atoms with Crippen molar-refractivity contribution in [2.24, 2.45) is 13.0 Å². The Balaban J connectivity index is 1.48. The van der Waals surface area contributed by atoms with Crippen molar-refractivity contribution in [2.75, 3.05) is 19.6 Å². The zero-order valence-electron chi connectivity index (χ0n) is 15.9. The predicted molar refractivity (Wildman–Crippen MR) is 102 cm³/mol. The van der Waals surface area contributed by atoms with E-state index in [9.17, 15) is 4.79 Å². The summed E-state index contributed by atoms with van der Waals surface area (Å²) in [6, 6.07) is 8.87. The van der Waals surface area contributed by atoms with Crippen LogP contribution in [-0.4, -0.2) is 40.0 Å². The number of hydrogen-bond donors (Lipinski definition) is 1. The van der Waals surface area contributed by atoms with Gasteiger partial charge in [0.2, 0.25) is 5.91 Å². The number of aromatic nitrogens is 2. The van der Waals surface area contributed by atoms with E-state index in [4.69, 9.17) is 0 Å². The number of nitrogens with zero attached hydrogens (tertiary/aromatic N) is 3. The molecule has 2 aliphatic rings. The highest BCUT2D eigenvalue weighted by Gasteiger charge is 2.47. The molecule has 1 aliphatic heterocycles. The number of carbonyl (C=O) groups is 1. The molecule has 1 aliphatic carbocycles. The molecule has 26 heavy (non-hydrogen) atoms. The van der Waals surface area contributed by atoms with Crippen LogP contribution in [0.4, 0.5) is 0 Å². The van der Waals surface area contributed by atoms with E-state index in [0.29, 0.717) is 11.8 Å². The first-order valence-corrected chi connectivity index (χ1v) is 9.64. The molecule has 0 spiro atoms. The Morgan fingerprint density at radius 2 is 2.04 bits per heavy atom. The summed E-state index contributed by atoms with van der Waals surface area (Å²) in [5.41, 5.74) is 2.66. The lowest BCUT2D eigenvalue weighted by Crippen LogP contribution is -2.50. The van der Waals surface area contributed by atoms with Gasteiger partial charge in [-0.15, -0.1) is 0 Å². The molecular weight excluding hydrogens is 324 g/mol. The number of amides is 1. The number of carbonyl (C=O) groups excluding carboxylic acids is 1. The highest BCUT2D eigenvalue weighted by atomic mass is 16.2. The van der Waals surface area contributed by atoms with Gasteiger partial charge in [0.25, 0.3) is 0 Å². The minimum Gasteiger partial charge on any atom is -0.336 e. The van der Waals surface area contributed by atoms with E-state index < -0.39 is 0 Å². The maximum absolute atomic E-state index is 13.2. The van der Waals surface area contributed by atoms with E-state index in [-0.39, 0.29) is 17.9 Å². The third-order valence-electron chi connectivity index (χ3n) is 5.82. The van der Waals surface area contributed by atoms with Crippen LogP contribution in [0.5, 0.6) is 0 Å². The number of aryl methyl sites for hydroxylation is 1. The molecule has 1 saturated carbocycles. The highest BCUT2D eigenvalue weighted by molar-refractivity contribution is 5.83. The van der Waals surface area contributed by atoms with Crippen molar-refractivity contribution < 1.29 is 4.79 Å². The van der Waals surface area contributed by atoms with Crippen molar-refractivity contribution in [3.8, 4) is 0 Å². The third kappa shape index (κ3) is 3.16. The molecule has 0 radical (unpaired) electrons. The monoisotopic (exact) mass is 352 g/mol. The molecular formula is C21H28N4O. The van der Waals surface area contributed by atoms with Crippen LogP contribution in [0.2, 0.25) is 0 Å². The van der Waals surface area contributed by atoms with Crippen LogP contribution in [-0.2, 0) is 11.8 Å². The molecule has 0 bridgehead atoms. The third-order valence-corrected chi connectivity index (χ3v) is 5.82. The lowest BCUT2D eigenvalue weighted by molar-refractivity contribution is -0.136. The highest BCUT2D eigenvalue weighted by Crippen LogP contribution is 2.49. The zero-order chi connectivity index (χ0) is 18.3. The van der Waals surface area contributed by atoms with Crippen molar-refractivity contribution in [3.63, 3.8) is 0 Å². The summed E-state index contributed by atoms with van der Waals surface area (Å²) in [5.74, 6) is 2.29. The van der Waals surface area contributed by atoms with Gasteiger partial charge in [-0.3, -0.25) is 4.79 Å². The minimum atomic E-state index is 0.0285. The molecule has 2 heterocycles. The molecule has 1 aromatic carbocycles. The first-order valence-electron chi connectivity index (χ1n) is 9.64. The molecule has 4 rings (SSSR count). The second-order valence-corrected chi connectivity index (χ2v) is 7.92. The summed E-state index contributed by atoms with van der Waals surface area (Å²) in [5, 5.41) is 3.41. The fourth-order valence-corrected chi connectivity index (χ4v) is 4.07. The number of imidazole rings is 1. The predicted octanol–water partition coefficient (Wildman–Crippen LogP) is 2.82. The Labute approximate surface area is 155 Å². The van der Waals surface area contributed by atoms with E-state index in [1.807, 2.05) is 28.9 Å². The van der Waals surface area contributed by atoms with Gasteiger partial charge in [0.15, 0.2) is 0 Å². The molecule has 138 valence electrons. The minimum absolute atomic E-state index is 0.0285. The number of hydrogen-bond acceptors (Lipinski definition) is 3. The normalized spacial score (nSPS) is 25.5. The molecule has 3 unspecified atom stereocenters. The molecule has 1 N–H and O–H groups in total. The Bertz CT molecular complexity index is 780. The summed E-state index contributed by atoms with van der Waals surface area (Å²) in [6.45, 7) is 6.80. The van der Waals surface area contributed by atoms with E-state index in [1.165, 1.54) is 11.1 Å². The molecule has 2 aromatic rings. The van der Waals surface area contributed by atoms with Crippen LogP contribution in [0.3, 0.4) is 0 Å². The maximum Gasteiger partial charge on any atom is 0.227 e. The van der Waals surface area contributed by atoms with Gasteiger partial charge < -0.3 is 14.8 Å². The van der Waals surface area contributed by atoms with Crippen molar-refractivity contribution in [3.05, 3.63) is 53.6 Å². The first-order chi connectivity index (χ1) is 12.6. The summed E-state index contributed by atoms with van der Waals surface area (Å²) >= 11 is 0. The van der Waals surface area contributed by atoms with Crippen molar-refractivity contribution in [2.45, 2.75) is 38.1 Å². The van der Waals surface area contributed by atoms with Crippen LogP contribution >= 0.6 is 0 Å². The second kappa shape index (κ2) is 6.88. The summed E-state index contributed by atoms with van der Waals surface area (Å²) in [7, 11) is 2.00. The molecule has 1 amide bonds. The van der Waals surface area contributed by atoms with Crippen LogP contribution < -0.4 is 5.32 Å². The fraction of sp³-hybridized carbons (Fsp3) is 0.524. The van der Waals surface area contributed by atoms with Gasteiger partial charge in [0.1, 0.15) is 11.9 Å². The second-order valence-electron chi connectivity index (χ2n) is 7.92. The van der Waals surface area contributed by atoms with Gasteiger partial charge in [-0.25, -0.2) is 4.98 Å². The van der Waals surface area contributed by atoms with E-state index in [0.717, 1.165) is 31.9 Å². The van der Waals surface area contributed by atoms with Gasteiger partial charge >= 0.3 is 0 Å². The van der Waals surface area contributed by atoms with Crippen molar-refractivity contribution >= 4 is 5.91 Å². The number of rotatable bonds is 4. The quantitative estimate of drug-likeness (QED) is 0.920. The van der Waals surface area contributed by atoms with Crippen LogP contribution in [0, 0.1) is 5.92 Å². The van der Waals surface area contributed by atoms with E-state index in [1.54, 1.807) is 0 Å². The summed E-state index contributed by atoms with van der Waals surface area (Å²) in [6.07, 6.45) is 4.72. The molecule has 3 atom stereocenters. The van der Waals surface area contributed by atoms with Gasteiger partial charge in [-0.1, -0.05) is 38.1 Å². The lowest BCUT2D eigenvalue weighted by Gasteiger charge is -2.36. The number of nitrogens with one attached hydrogen (secondary N) is 1. The Kier molecular flexibility index (Phi) is 4.57. The molecule has 1 aromatic heterocycles. The van der Waals surface area contributed by atoms with Gasteiger partial charge in [0, 0.05) is 45.0 Å². The van der Waals surface area contributed by atoms with Crippen LogP contribution in [0.15, 0.2) is 36.7 Å². The molecule has 5 heteroatoms. The summed E-state index contributed by atoms with van der Waals surface area (Å²) in [4.78, 5) is 19.7. The van der Waals surface area contributed by atoms with E-state index in [2.05, 4.69) is 48.4 Å². The zero-order valence-corrected chi connectivity index (χ0v) is 15.9. The molecule has 5 nitrogen and oxygen atoms in total. The standard InChI is InChI=1S/C21H28N4O/c1-14(2)15-4-6-16(7-5-15)17-12-18(17)21(26)25-11-8-22-13-19(25)20-23-9-10-24(20)3/h4-7,9-10,14,17-19,22H,8,11-13H2,1-3H3.